The van der Waals surface area contributed by atoms with E-state index in [9.17, 15) is 0 Å². The van der Waals surface area contributed by atoms with E-state index in [-0.39, 0.29) is 5.96 Å². The third kappa shape index (κ3) is 5.71. The van der Waals surface area contributed by atoms with Gasteiger partial charge in [0.05, 0.1) is 12.8 Å². The lowest BCUT2D eigenvalue weighted by Gasteiger charge is -2.14. The van der Waals surface area contributed by atoms with Crippen LogP contribution in [-0.4, -0.2) is 43.3 Å². The van der Waals surface area contributed by atoms with E-state index in [1.165, 1.54) is 12.8 Å². The van der Waals surface area contributed by atoms with E-state index in [0.29, 0.717) is 11.6 Å². The van der Waals surface area contributed by atoms with Gasteiger partial charge < -0.3 is 10.6 Å². The Hall–Kier alpha value is -1.63. The van der Waals surface area contributed by atoms with Crippen LogP contribution in [-0.2, 0) is 4.84 Å². The van der Waals surface area contributed by atoms with Gasteiger partial charge in [0.15, 0.2) is 0 Å². The van der Waals surface area contributed by atoms with E-state index in [1.807, 2.05) is 18.2 Å². The van der Waals surface area contributed by atoms with E-state index in [2.05, 4.69) is 20.6 Å². The number of halogens is 1. The smallest absolute Gasteiger partial charge is 0.237 e. The molecule has 0 saturated carbocycles. The van der Waals surface area contributed by atoms with E-state index in [4.69, 9.17) is 22.2 Å². The van der Waals surface area contributed by atoms with Gasteiger partial charge in [-0.25, -0.2) is 5.48 Å². The van der Waals surface area contributed by atoms with Crippen molar-refractivity contribution in [2.45, 2.75) is 12.8 Å². The van der Waals surface area contributed by atoms with E-state index >= 15 is 0 Å². The van der Waals surface area contributed by atoms with Gasteiger partial charge in [-0.15, -0.1) is 5.10 Å². The number of likely N-dealkylation sites (tertiary alicyclic amines) is 1. The minimum Gasteiger partial charge on any atom is -0.367 e. The summed E-state index contributed by atoms with van der Waals surface area (Å²) in [6, 6.07) is 7.36. The van der Waals surface area contributed by atoms with Crippen LogP contribution in [0.15, 0.2) is 34.5 Å². The number of benzene rings is 1. The molecule has 2 rings (SSSR count). The summed E-state index contributed by atoms with van der Waals surface area (Å²) in [7, 11) is 0. The van der Waals surface area contributed by atoms with Gasteiger partial charge in [0.2, 0.25) is 5.96 Å². The highest BCUT2D eigenvalue weighted by atomic mass is 35.5. The first-order valence-electron chi connectivity index (χ1n) is 6.97. The number of rotatable bonds is 6. The van der Waals surface area contributed by atoms with Crippen molar-refractivity contribution in [1.29, 1.82) is 0 Å². The van der Waals surface area contributed by atoms with Gasteiger partial charge in [0.1, 0.15) is 0 Å². The first-order chi connectivity index (χ1) is 10.3. The van der Waals surface area contributed by atoms with Crippen LogP contribution in [0.1, 0.15) is 18.4 Å². The first kappa shape index (κ1) is 15.8. The predicted molar refractivity (Wildman–Crippen MR) is 85.4 cm³/mol. The molecular weight excluding hydrogens is 290 g/mol. The van der Waals surface area contributed by atoms with Crippen LogP contribution in [0.2, 0.25) is 5.02 Å². The zero-order chi connectivity index (χ0) is 14.9. The van der Waals surface area contributed by atoms with Crippen molar-refractivity contribution in [2.24, 2.45) is 15.9 Å². The van der Waals surface area contributed by atoms with Crippen LogP contribution in [0.5, 0.6) is 0 Å². The number of nitrogens with two attached hydrogens (primary N) is 1. The van der Waals surface area contributed by atoms with Gasteiger partial charge in [0.25, 0.3) is 0 Å². The summed E-state index contributed by atoms with van der Waals surface area (Å²) >= 11 is 5.99. The predicted octanol–water partition coefficient (Wildman–Crippen LogP) is 1.61. The first-order valence-corrected chi connectivity index (χ1v) is 7.34. The molecule has 1 aromatic rings. The highest BCUT2D eigenvalue weighted by Crippen LogP contribution is 2.12. The molecule has 1 saturated heterocycles. The molecule has 6 nitrogen and oxygen atoms in total. The van der Waals surface area contributed by atoms with Crippen LogP contribution >= 0.6 is 11.6 Å². The average Bonchev–Trinajstić information content (AvgIpc) is 2.99. The van der Waals surface area contributed by atoms with Crippen LogP contribution < -0.4 is 11.2 Å². The summed E-state index contributed by atoms with van der Waals surface area (Å²) in [6.45, 7) is 3.75. The molecule has 114 valence electrons. The summed E-state index contributed by atoms with van der Waals surface area (Å²) in [4.78, 5) is 7.59. The fraction of sp³-hybridized carbons (Fsp3) is 0.429. The second-order valence-electron chi connectivity index (χ2n) is 4.75. The minimum absolute atomic E-state index is 0.111. The van der Waals surface area contributed by atoms with Crippen molar-refractivity contribution in [2.75, 3.05) is 26.2 Å². The van der Waals surface area contributed by atoms with Gasteiger partial charge >= 0.3 is 0 Å². The van der Waals surface area contributed by atoms with Gasteiger partial charge in [-0.2, -0.15) is 5.10 Å². The number of nitrogens with zero attached hydrogens (tertiary/aromatic N) is 3. The van der Waals surface area contributed by atoms with Gasteiger partial charge in [-0.05, 0) is 32.0 Å². The third-order valence-corrected chi connectivity index (χ3v) is 3.50. The molecule has 0 amide bonds. The van der Waals surface area contributed by atoms with Crippen LogP contribution in [0, 0.1) is 0 Å². The Morgan fingerprint density at radius 3 is 2.90 bits per heavy atom. The Morgan fingerprint density at radius 2 is 2.14 bits per heavy atom. The number of guanidine groups is 1. The maximum absolute atomic E-state index is 5.99. The number of hydroxylamine groups is 1. The van der Waals surface area contributed by atoms with E-state index in [0.717, 1.165) is 25.2 Å². The summed E-state index contributed by atoms with van der Waals surface area (Å²) in [6.07, 6.45) is 4.09. The molecule has 1 aromatic carbocycles. The van der Waals surface area contributed by atoms with Gasteiger partial charge in [-0.1, -0.05) is 29.8 Å². The zero-order valence-electron chi connectivity index (χ0n) is 11.8. The van der Waals surface area contributed by atoms with Crippen molar-refractivity contribution >= 4 is 23.8 Å². The zero-order valence-corrected chi connectivity index (χ0v) is 12.6. The lowest BCUT2D eigenvalue weighted by molar-refractivity contribution is 0.0674. The molecule has 0 spiro atoms. The second-order valence-corrected chi connectivity index (χ2v) is 5.16. The molecule has 1 aliphatic heterocycles. The van der Waals surface area contributed by atoms with Crippen molar-refractivity contribution in [3.05, 3.63) is 34.9 Å². The Bertz CT molecular complexity index is 500. The van der Waals surface area contributed by atoms with Crippen LogP contribution in [0.4, 0.5) is 0 Å². The molecule has 1 fully saturated rings. The van der Waals surface area contributed by atoms with Crippen molar-refractivity contribution in [3.63, 3.8) is 0 Å². The van der Waals surface area contributed by atoms with Crippen molar-refractivity contribution < 1.29 is 4.84 Å². The topological polar surface area (TPSA) is 75.2 Å². The highest BCUT2D eigenvalue weighted by Gasteiger charge is 2.10. The summed E-state index contributed by atoms with van der Waals surface area (Å²) in [5, 5.41) is 8.26. The molecule has 3 N–H and O–H groups in total. The van der Waals surface area contributed by atoms with Crippen molar-refractivity contribution in [3.8, 4) is 0 Å². The van der Waals surface area contributed by atoms with E-state index < -0.39 is 0 Å². The molecule has 1 heterocycles. The highest BCUT2D eigenvalue weighted by molar-refractivity contribution is 6.33. The molecule has 1 aliphatic rings. The average molecular weight is 310 g/mol. The number of hydrogen-bond donors (Lipinski definition) is 2. The van der Waals surface area contributed by atoms with Crippen LogP contribution in [0.3, 0.4) is 0 Å². The normalized spacial score (nSPS) is 16.7. The lowest BCUT2D eigenvalue weighted by Crippen LogP contribution is -2.34. The fourth-order valence-electron chi connectivity index (χ4n) is 2.06. The minimum atomic E-state index is 0.111. The molecule has 0 atom stereocenters. The SMILES string of the molecule is N/C(=N/N=Cc1ccccc1Cl)NOCCN1CCCC1. The maximum atomic E-state index is 5.99. The van der Waals surface area contributed by atoms with Crippen LogP contribution in [0.25, 0.3) is 0 Å². The molecule has 0 radical (unpaired) electrons. The van der Waals surface area contributed by atoms with Gasteiger partial charge in [0, 0.05) is 17.1 Å². The number of nitrogens with one attached hydrogen (secondary N) is 1. The Labute approximate surface area is 129 Å². The quantitative estimate of drug-likeness (QED) is 0.362. The third-order valence-electron chi connectivity index (χ3n) is 3.15. The molecular formula is C14H20ClN5O. The van der Waals surface area contributed by atoms with E-state index in [1.54, 1.807) is 12.3 Å². The largest absolute Gasteiger partial charge is 0.367 e. The van der Waals surface area contributed by atoms with Crippen molar-refractivity contribution in [1.82, 2.24) is 10.4 Å². The standard InChI is InChI=1S/C14H20ClN5O/c15-13-6-2-1-5-12(13)11-17-18-14(16)19-21-10-9-20-7-3-4-8-20/h1-2,5-6,11H,3-4,7-10H2,(H3,16,18,19). The summed E-state index contributed by atoms with van der Waals surface area (Å²) in [5.74, 6) is 0.111. The summed E-state index contributed by atoms with van der Waals surface area (Å²) in [5.41, 5.74) is 8.97. The monoisotopic (exact) mass is 309 g/mol. The molecule has 0 bridgehead atoms. The maximum Gasteiger partial charge on any atom is 0.237 e. The van der Waals surface area contributed by atoms with Gasteiger partial charge in [-0.3, -0.25) is 4.84 Å². The lowest BCUT2D eigenvalue weighted by atomic mass is 10.2. The second kappa shape index (κ2) is 8.61. The summed E-state index contributed by atoms with van der Waals surface area (Å²) < 4.78 is 0. The Morgan fingerprint density at radius 1 is 1.38 bits per heavy atom. The number of hydrogen-bond acceptors (Lipinski definition) is 4. The molecule has 7 heteroatoms. The molecule has 21 heavy (non-hydrogen) atoms. The molecule has 0 aromatic heterocycles. The Balaban J connectivity index is 1.67. The molecule has 0 aliphatic carbocycles. The Kier molecular flexibility index (Phi) is 6.46. The molecule has 0 unspecified atom stereocenters. The fourth-order valence-corrected chi connectivity index (χ4v) is 2.24.